The van der Waals surface area contributed by atoms with Crippen molar-refractivity contribution in [3.63, 3.8) is 0 Å². The molecule has 1 saturated heterocycles. The Morgan fingerprint density at radius 2 is 2.37 bits per heavy atom. The molecule has 1 heterocycles. The maximum atomic E-state index is 12.5. The van der Waals surface area contributed by atoms with Crippen molar-refractivity contribution in [2.45, 2.75) is 19.4 Å². The van der Waals surface area contributed by atoms with Gasteiger partial charge in [-0.05, 0) is 18.6 Å². The first-order chi connectivity index (χ1) is 9.15. The van der Waals surface area contributed by atoms with Crippen LogP contribution < -0.4 is 10.5 Å². The normalized spacial score (nSPS) is 19.3. The molecule has 0 radical (unpaired) electrons. The molecule has 1 atom stereocenters. The molecule has 1 unspecified atom stereocenters. The molecule has 0 aliphatic carbocycles. The molecule has 1 aromatic rings. The molecule has 2 rings (SSSR count). The molecule has 1 aliphatic rings. The van der Waals surface area contributed by atoms with Gasteiger partial charge in [0.05, 0.1) is 25.4 Å². The molecule has 1 amide bonds. The van der Waals surface area contributed by atoms with Crippen LogP contribution in [0.15, 0.2) is 18.2 Å². The summed E-state index contributed by atoms with van der Waals surface area (Å²) in [6.07, 6.45) is 1.03. The molecule has 0 bridgehead atoms. The lowest BCUT2D eigenvalue weighted by Crippen LogP contribution is -2.45. The maximum absolute atomic E-state index is 12.5. The third-order valence-electron chi connectivity index (χ3n) is 3.34. The van der Waals surface area contributed by atoms with E-state index in [0.29, 0.717) is 36.7 Å². The van der Waals surface area contributed by atoms with Gasteiger partial charge in [-0.25, -0.2) is 0 Å². The van der Waals surface area contributed by atoms with Crippen LogP contribution in [0.4, 0.5) is 5.69 Å². The summed E-state index contributed by atoms with van der Waals surface area (Å²) < 4.78 is 10.8. The quantitative estimate of drug-likeness (QED) is 0.841. The Kier molecular flexibility index (Phi) is 4.27. The minimum Gasteiger partial charge on any atom is -0.496 e. The van der Waals surface area contributed by atoms with E-state index in [1.54, 1.807) is 25.3 Å². The number of morpholine rings is 1. The summed E-state index contributed by atoms with van der Waals surface area (Å²) in [5.74, 6) is 0.489. The molecule has 1 aromatic carbocycles. The van der Waals surface area contributed by atoms with Crippen molar-refractivity contribution < 1.29 is 14.3 Å². The van der Waals surface area contributed by atoms with Crippen molar-refractivity contribution in [1.29, 1.82) is 0 Å². The summed E-state index contributed by atoms with van der Waals surface area (Å²) >= 11 is 0. The van der Waals surface area contributed by atoms with Crippen LogP contribution in [-0.2, 0) is 4.74 Å². The molecular weight excluding hydrogens is 244 g/mol. The summed E-state index contributed by atoms with van der Waals surface area (Å²) in [5, 5.41) is 0. The highest BCUT2D eigenvalue weighted by atomic mass is 16.5. The maximum Gasteiger partial charge on any atom is 0.257 e. The second-order valence-electron chi connectivity index (χ2n) is 4.61. The Morgan fingerprint density at radius 3 is 3.05 bits per heavy atom. The van der Waals surface area contributed by atoms with Gasteiger partial charge < -0.3 is 20.1 Å². The van der Waals surface area contributed by atoms with Gasteiger partial charge in [0.25, 0.3) is 5.91 Å². The number of hydrogen-bond donors (Lipinski definition) is 1. The van der Waals surface area contributed by atoms with Gasteiger partial charge in [-0.2, -0.15) is 0 Å². The van der Waals surface area contributed by atoms with Crippen molar-refractivity contribution in [3.8, 4) is 5.75 Å². The van der Waals surface area contributed by atoms with E-state index >= 15 is 0 Å². The van der Waals surface area contributed by atoms with Gasteiger partial charge >= 0.3 is 0 Å². The monoisotopic (exact) mass is 264 g/mol. The molecule has 0 saturated carbocycles. The lowest BCUT2D eigenvalue weighted by atomic mass is 10.1. The molecule has 0 aromatic heterocycles. The third kappa shape index (κ3) is 2.98. The number of anilines is 1. The van der Waals surface area contributed by atoms with Gasteiger partial charge in [-0.15, -0.1) is 0 Å². The number of carbonyl (C=O) groups excluding carboxylic acids is 1. The van der Waals surface area contributed by atoms with Crippen molar-refractivity contribution >= 4 is 11.6 Å². The highest BCUT2D eigenvalue weighted by Crippen LogP contribution is 2.24. The fourth-order valence-corrected chi connectivity index (χ4v) is 2.21. The minimum absolute atomic E-state index is 0.0291. The molecule has 0 spiro atoms. The number of hydrogen-bond acceptors (Lipinski definition) is 4. The molecule has 19 heavy (non-hydrogen) atoms. The van der Waals surface area contributed by atoms with Crippen LogP contribution in [0.25, 0.3) is 0 Å². The first-order valence-corrected chi connectivity index (χ1v) is 6.50. The number of carbonyl (C=O) groups is 1. The zero-order valence-corrected chi connectivity index (χ0v) is 11.4. The number of nitrogen functional groups attached to an aromatic ring is 1. The fourth-order valence-electron chi connectivity index (χ4n) is 2.21. The van der Waals surface area contributed by atoms with Gasteiger partial charge in [0.2, 0.25) is 0 Å². The molecular formula is C14H20N2O3. The van der Waals surface area contributed by atoms with Crippen LogP contribution in [0.2, 0.25) is 0 Å². The number of rotatable bonds is 3. The van der Waals surface area contributed by atoms with Gasteiger partial charge in [-0.3, -0.25) is 4.79 Å². The largest absolute Gasteiger partial charge is 0.496 e. The Labute approximate surface area is 113 Å². The van der Waals surface area contributed by atoms with Crippen LogP contribution >= 0.6 is 0 Å². The summed E-state index contributed by atoms with van der Waals surface area (Å²) in [4.78, 5) is 14.3. The summed E-state index contributed by atoms with van der Waals surface area (Å²) in [6.45, 7) is 3.88. The lowest BCUT2D eigenvalue weighted by molar-refractivity contribution is -0.0227. The Morgan fingerprint density at radius 1 is 1.58 bits per heavy atom. The number of nitrogens with two attached hydrogens (primary N) is 1. The van der Waals surface area contributed by atoms with Crippen LogP contribution in [0, 0.1) is 0 Å². The number of amides is 1. The van der Waals surface area contributed by atoms with Crippen molar-refractivity contribution in [3.05, 3.63) is 23.8 Å². The summed E-state index contributed by atoms with van der Waals surface area (Å²) in [7, 11) is 1.54. The average Bonchev–Trinajstić information content (AvgIpc) is 2.46. The van der Waals surface area contributed by atoms with Crippen LogP contribution in [0.5, 0.6) is 5.75 Å². The van der Waals surface area contributed by atoms with Gasteiger partial charge in [-0.1, -0.05) is 6.92 Å². The van der Waals surface area contributed by atoms with E-state index in [1.807, 2.05) is 4.90 Å². The lowest BCUT2D eigenvalue weighted by Gasteiger charge is -2.32. The van der Waals surface area contributed by atoms with E-state index in [1.165, 1.54) is 0 Å². The van der Waals surface area contributed by atoms with Gasteiger partial charge in [0.1, 0.15) is 5.75 Å². The Hall–Kier alpha value is -1.75. The van der Waals surface area contributed by atoms with E-state index in [2.05, 4.69) is 6.92 Å². The van der Waals surface area contributed by atoms with E-state index in [0.717, 1.165) is 6.42 Å². The molecule has 1 aliphatic heterocycles. The van der Waals surface area contributed by atoms with Crippen LogP contribution in [-0.4, -0.2) is 43.7 Å². The third-order valence-corrected chi connectivity index (χ3v) is 3.34. The van der Waals surface area contributed by atoms with Gasteiger partial charge in [0, 0.05) is 24.8 Å². The molecule has 1 fully saturated rings. The predicted octanol–water partition coefficient (Wildman–Crippen LogP) is 1.53. The smallest absolute Gasteiger partial charge is 0.257 e. The summed E-state index contributed by atoms with van der Waals surface area (Å²) in [6, 6.07) is 5.10. The number of methoxy groups -OCH3 is 1. The van der Waals surface area contributed by atoms with Gasteiger partial charge in [0.15, 0.2) is 0 Å². The first kappa shape index (κ1) is 13.7. The second kappa shape index (κ2) is 5.93. The summed E-state index contributed by atoms with van der Waals surface area (Å²) in [5.41, 5.74) is 6.83. The predicted molar refractivity (Wildman–Crippen MR) is 73.3 cm³/mol. The number of ether oxygens (including phenoxy) is 2. The van der Waals surface area contributed by atoms with E-state index in [9.17, 15) is 4.79 Å². The highest BCUT2D eigenvalue weighted by Gasteiger charge is 2.25. The number of nitrogens with zero attached hydrogens (tertiary/aromatic N) is 1. The Bertz CT molecular complexity index is 462. The van der Waals surface area contributed by atoms with Crippen molar-refractivity contribution in [2.24, 2.45) is 0 Å². The molecule has 2 N–H and O–H groups in total. The zero-order chi connectivity index (χ0) is 13.8. The standard InChI is InChI=1S/C14H20N2O3/c1-3-11-9-16(6-7-19-11)14(17)12-5-4-10(15)8-13(12)18-2/h4-5,8,11H,3,6-7,9,15H2,1-2H3. The Balaban J connectivity index is 2.19. The number of benzene rings is 1. The minimum atomic E-state index is -0.0291. The molecule has 5 heteroatoms. The van der Waals surface area contributed by atoms with E-state index < -0.39 is 0 Å². The fraction of sp³-hybridized carbons (Fsp3) is 0.500. The van der Waals surface area contributed by atoms with Crippen LogP contribution in [0.3, 0.4) is 0 Å². The van der Waals surface area contributed by atoms with Crippen LogP contribution in [0.1, 0.15) is 23.7 Å². The average molecular weight is 264 g/mol. The second-order valence-corrected chi connectivity index (χ2v) is 4.61. The topological polar surface area (TPSA) is 64.8 Å². The molecule has 5 nitrogen and oxygen atoms in total. The molecule has 104 valence electrons. The SMILES string of the molecule is CCC1CN(C(=O)c2ccc(N)cc2OC)CCO1. The zero-order valence-electron chi connectivity index (χ0n) is 11.4. The van der Waals surface area contributed by atoms with Crippen molar-refractivity contribution in [1.82, 2.24) is 4.90 Å². The highest BCUT2D eigenvalue weighted by molar-refractivity contribution is 5.97. The van der Waals surface area contributed by atoms with Crippen molar-refractivity contribution in [2.75, 3.05) is 32.5 Å². The van der Waals surface area contributed by atoms with E-state index in [-0.39, 0.29) is 12.0 Å². The van der Waals surface area contributed by atoms with E-state index in [4.69, 9.17) is 15.2 Å². The first-order valence-electron chi connectivity index (χ1n) is 6.50.